The van der Waals surface area contributed by atoms with Crippen molar-refractivity contribution >= 4 is 11.6 Å². The molecule has 2 aromatic carbocycles. The highest BCUT2D eigenvalue weighted by Gasteiger charge is 2.19. The molecule has 0 saturated carbocycles. The number of hydrogen-bond donors (Lipinski definition) is 0. The number of para-hydroxylation sites is 1. The Kier molecular flexibility index (Phi) is 8.95. The van der Waals surface area contributed by atoms with E-state index in [1.807, 2.05) is 17.0 Å². The molecule has 4 rings (SSSR count). The van der Waals surface area contributed by atoms with E-state index < -0.39 is 0 Å². The number of nitrogens with zero attached hydrogens (tertiary/aromatic N) is 3. The van der Waals surface area contributed by atoms with Crippen LogP contribution < -0.4 is 9.64 Å². The quantitative estimate of drug-likeness (QED) is 0.482. The molecule has 0 aliphatic carbocycles. The van der Waals surface area contributed by atoms with Crippen LogP contribution in [0.5, 0.6) is 5.75 Å². The Morgan fingerprint density at radius 1 is 0.824 bits per heavy atom. The van der Waals surface area contributed by atoms with Crippen LogP contribution in [-0.2, 0) is 17.9 Å². The third-order valence-corrected chi connectivity index (χ3v) is 6.37. The van der Waals surface area contributed by atoms with Gasteiger partial charge >= 0.3 is 0 Å². The monoisotopic (exact) mass is 457 g/mol. The summed E-state index contributed by atoms with van der Waals surface area (Å²) in [7, 11) is 0. The number of ether oxygens (including phenoxy) is 1. The van der Waals surface area contributed by atoms with Gasteiger partial charge in [-0.1, -0.05) is 74.2 Å². The molecular formula is C29H35N3O2. The number of pyridine rings is 1. The predicted molar refractivity (Wildman–Crippen MR) is 137 cm³/mol. The van der Waals surface area contributed by atoms with E-state index in [-0.39, 0.29) is 12.5 Å². The number of fused-ring (bicyclic) bond motifs is 1. The van der Waals surface area contributed by atoms with Gasteiger partial charge < -0.3 is 14.5 Å². The van der Waals surface area contributed by atoms with E-state index in [0.717, 1.165) is 32.5 Å². The smallest absolute Gasteiger partial charge is 0.260 e. The summed E-state index contributed by atoms with van der Waals surface area (Å²) in [5.41, 5.74) is 3.71. The Balaban J connectivity index is 1.54. The van der Waals surface area contributed by atoms with Crippen LogP contribution in [0.2, 0.25) is 0 Å². The van der Waals surface area contributed by atoms with Crippen LogP contribution >= 0.6 is 0 Å². The number of amides is 1. The number of benzene rings is 2. The normalized spacial score (nSPS) is 15.4. The third-order valence-electron chi connectivity index (χ3n) is 6.37. The fourth-order valence-corrected chi connectivity index (χ4v) is 4.52. The number of hydrogen-bond acceptors (Lipinski definition) is 4. The van der Waals surface area contributed by atoms with Gasteiger partial charge in [-0.2, -0.15) is 0 Å². The Labute approximate surface area is 203 Å². The zero-order valence-electron chi connectivity index (χ0n) is 19.9. The molecule has 5 heteroatoms. The third kappa shape index (κ3) is 7.08. The van der Waals surface area contributed by atoms with Crippen LogP contribution in [0.4, 0.5) is 5.69 Å². The summed E-state index contributed by atoms with van der Waals surface area (Å²) in [5, 5.41) is 0. The topological polar surface area (TPSA) is 45.7 Å². The molecule has 1 aliphatic rings. The van der Waals surface area contributed by atoms with Gasteiger partial charge in [0.1, 0.15) is 5.75 Å². The maximum Gasteiger partial charge on any atom is 0.260 e. The molecule has 1 aromatic heterocycles. The van der Waals surface area contributed by atoms with Gasteiger partial charge in [-0.15, -0.1) is 0 Å². The van der Waals surface area contributed by atoms with Gasteiger partial charge in [-0.25, -0.2) is 0 Å². The van der Waals surface area contributed by atoms with Gasteiger partial charge in [0.05, 0.1) is 6.20 Å². The van der Waals surface area contributed by atoms with Crippen LogP contribution in [0.1, 0.15) is 49.7 Å². The van der Waals surface area contributed by atoms with E-state index in [1.165, 1.54) is 42.5 Å². The van der Waals surface area contributed by atoms with E-state index >= 15 is 0 Å². The second-order valence-electron chi connectivity index (χ2n) is 8.95. The number of anilines is 1. The molecule has 5 nitrogen and oxygen atoms in total. The number of rotatable bonds is 5. The zero-order chi connectivity index (χ0) is 23.4. The molecular weight excluding hydrogens is 422 g/mol. The fourth-order valence-electron chi connectivity index (χ4n) is 4.52. The lowest BCUT2D eigenvalue weighted by molar-refractivity contribution is -0.134. The average Bonchev–Trinajstić information content (AvgIpc) is 2.90. The lowest BCUT2D eigenvalue weighted by Gasteiger charge is -2.30. The molecule has 0 spiro atoms. The zero-order valence-corrected chi connectivity index (χ0v) is 19.9. The van der Waals surface area contributed by atoms with E-state index in [2.05, 4.69) is 64.5 Å². The van der Waals surface area contributed by atoms with Gasteiger partial charge in [0, 0.05) is 38.1 Å². The largest absolute Gasteiger partial charge is 0.482 e. The van der Waals surface area contributed by atoms with Crippen LogP contribution in [0.25, 0.3) is 0 Å². The fraction of sp³-hybridized carbons (Fsp3) is 0.379. The lowest BCUT2D eigenvalue weighted by Crippen LogP contribution is -2.36. The van der Waals surface area contributed by atoms with Crippen molar-refractivity contribution < 1.29 is 9.53 Å². The summed E-state index contributed by atoms with van der Waals surface area (Å²) in [6.45, 7) is 3.26. The summed E-state index contributed by atoms with van der Waals surface area (Å²) < 4.78 is 5.74. The first-order chi connectivity index (χ1) is 16.8. The summed E-state index contributed by atoms with van der Waals surface area (Å²) in [6, 6.07) is 22.8. The van der Waals surface area contributed by atoms with Crippen molar-refractivity contribution in [3.63, 3.8) is 0 Å². The Morgan fingerprint density at radius 3 is 2.35 bits per heavy atom. The van der Waals surface area contributed by atoms with Crippen molar-refractivity contribution in [2.75, 3.05) is 24.6 Å². The van der Waals surface area contributed by atoms with Crippen LogP contribution in [0, 0.1) is 0 Å². The molecule has 2 heterocycles. The summed E-state index contributed by atoms with van der Waals surface area (Å²) >= 11 is 0. The minimum Gasteiger partial charge on any atom is -0.482 e. The van der Waals surface area contributed by atoms with E-state index in [4.69, 9.17) is 4.74 Å². The summed E-state index contributed by atoms with van der Waals surface area (Å²) in [6.07, 6.45) is 10.4. The van der Waals surface area contributed by atoms with Crippen LogP contribution in [0.3, 0.4) is 0 Å². The van der Waals surface area contributed by atoms with Gasteiger partial charge in [-0.3, -0.25) is 9.78 Å². The van der Waals surface area contributed by atoms with E-state index in [9.17, 15) is 4.79 Å². The van der Waals surface area contributed by atoms with Gasteiger partial charge in [0.2, 0.25) is 0 Å². The number of aromatic nitrogens is 1. The molecule has 1 amide bonds. The Morgan fingerprint density at radius 2 is 1.56 bits per heavy atom. The molecule has 0 radical (unpaired) electrons. The van der Waals surface area contributed by atoms with Crippen molar-refractivity contribution in [2.45, 2.75) is 51.6 Å². The van der Waals surface area contributed by atoms with Crippen molar-refractivity contribution in [1.29, 1.82) is 0 Å². The minimum atomic E-state index is 0.0168. The molecule has 0 unspecified atom stereocenters. The molecule has 0 saturated heterocycles. The summed E-state index contributed by atoms with van der Waals surface area (Å²) in [4.78, 5) is 21.7. The highest BCUT2D eigenvalue weighted by molar-refractivity contribution is 5.78. The molecule has 3 aromatic rings. The minimum absolute atomic E-state index is 0.0168. The number of carbonyl (C=O) groups is 1. The molecule has 0 fully saturated rings. The highest BCUT2D eigenvalue weighted by atomic mass is 16.5. The Bertz CT molecular complexity index is 1010. The molecule has 0 atom stereocenters. The standard InChI is InChI=1S/C29H35N3O2/c33-29(24-34-27-16-12-18-30-21-27)32-20-11-4-2-1-3-10-19-31(22-25-13-6-5-7-14-25)28-17-9-8-15-26(28)23-32/h5-9,12-18,21H,1-4,10-11,19-20,22-24H2. The maximum atomic E-state index is 13.2. The second kappa shape index (κ2) is 12.8. The van der Waals surface area contributed by atoms with E-state index in [1.54, 1.807) is 12.4 Å². The van der Waals surface area contributed by atoms with Crippen LogP contribution in [0.15, 0.2) is 79.1 Å². The van der Waals surface area contributed by atoms with Gasteiger partial charge in [0.15, 0.2) is 6.61 Å². The van der Waals surface area contributed by atoms with Gasteiger partial charge in [0.25, 0.3) is 5.91 Å². The van der Waals surface area contributed by atoms with Crippen molar-refractivity contribution in [1.82, 2.24) is 9.88 Å². The van der Waals surface area contributed by atoms with Gasteiger partial charge in [-0.05, 0) is 42.2 Å². The van der Waals surface area contributed by atoms with Crippen molar-refractivity contribution in [3.05, 3.63) is 90.3 Å². The van der Waals surface area contributed by atoms with Crippen LogP contribution in [-0.4, -0.2) is 35.5 Å². The lowest BCUT2D eigenvalue weighted by atomic mass is 10.1. The first kappa shape index (κ1) is 23.8. The first-order valence-electron chi connectivity index (χ1n) is 12.5. The average molecular weight is 458 g/mol. The molecule has 0 N–H and O–H groups in total. The Hall–Kier alpha value is -3.34. The maximum absolute atomic E-state index is 13.2. The predicted octanol–water partition coefficient (Wildman–Crippen LogP) is 5.85. The van der Waals surface area contributed by atoms with Crippen molar-refractivity contribution in [2.24, 2.45) is 0 Å². The summed E-state index contributed by atoms with van der Waals surface area (Å²) in [5.74, 6) is 0.638. The first-order valence-corrected chi connectivity index (χ1v) is 12.5. The highest BCUT2D eigenvalue weighted by Crippen LogP contribution is 2.26. The van der Waals surface area contributed by atoms with Crippen molar-refractivity contribution in [3.8, 4) is 5.75 Å². The number of carbonyl (C=O) groups excluding carboxylic acids is 1. The molecule has 0 bridgehead atoms. The second-order valence-corrected chi connectivity index (χ2v) is 8.95. The SMILES string of the molecule is O=C(COc1cccnc1)N1CCCCCCCCN(Cc2ccccc2)c2ccccc2C1. The molecule has 1 aliphatic heterocycles. The van der Waals surface area contributed by atoms with E-state index in [0.29, 0.717) is 12.3 Å². The molecule has 34 heavy (non-hydrogen) atoms. The molecule has 178 valence electrons.